The highest BCUT2D eigenvalue weighted by atomic mass is 16.5. The second-order valence-electron chi connectivity index (χ2n) is 3.55. The summed E-state index contributed by atoms with van der Waals surface area (Å²) >= 11 is 0. The maximum Gasteiger partial charge on any atom is 0.312 e. The number of aromatic nitrogens is 2. The molecule has 2 amide bonds. The van der Waals surface area contributed by atoms with Gasteiger partial charge in [-0.3, -0.25) is 0 Å². The van der Waals surface area contributed by atoms with Crippen LogP contribution in [0, 0.1) is 0 Å². The van der Waals surface area contributed by atoms with E-state index in [0.29, 0.717) is 43.8 Å². The Kier molecular flexibility index (Phi) is 6.33. The number of carbonyl (C=O) groups is 1. The SMILES string of the molecule is CCOCc1nc(NN)cc(NCCNC(N)=O)n1. The molecule has 0 aromatic carbocycles. The van der Waals surface area contributed by atoms with Gasteiger partial charge in [-0.1, -0.05) is 0 Å². The summed E-state index contributed by atoms with van der Waals surface area (Å²) in [4.78, 5) is 18.9. The lowest BCUT2D eigenvalue weighted by atomic mass is 10.4. The number of nitrogen functional groups attached to an aromatic ring is 1. The summed E-state index contributed by atoms with van der Waals surface area (Å²) in [6.45, 7) is 3.65. The summed E-state index contributed by atoms with van der Waals surface area (Å²) in [6, 6.07) is 1.09. The molecular formula is C10H19N7O2. The number of nitrogens with zero attached hydrogens (tertiary/aromatic N) is 2. The number of hydrogen-bond donors (Lipinski definition) is 5. The predicted octanol–water partition coefficient (Wildman–Crippen LogP) is -0.621. The minimum absolute atomic E-state index is 0.306. The van der Waals surface area contributed by atoms with Crippen molar-refractivity contribution in [3.8, 4) is 0 Å². The highest BCUT2D eigenvalue weighted by molar-refractivity contribution is 5.71. The minimum atomic E-state index is -0.564. The lowest BCUT2D eigenvalue weighted by Crippen LogP contribution is -2.33. The second-order valence-corrected chi connectivity index (χ2v) is 3.55. The molecule has 0 atom stereocenters. The van der Waals surface area contributed by atoms with Gasteiger partial charge < -0.3 is 26.5 Å². The van der Waals surface area contributed by atoms with Gasteiger partial charge in [0.25, 0.3) is 0 Å². The normalized spacial score (nSPS) is 10.0. The Morgan fingerprint density at radius 3 is 2.74 bits per heavy atom. The summed E-state index contributed by atoms with van der Waals surface area (Å²) in [5.41, 5.74) is 7.41. The van der Waals surface area contributed by atoms with Gasteiger partial charge in [0.15, 0.2) is 5.82 Å². The van der Waals surface area contributed by atoms with Crippen LogP contribution in [0.4, 0.5) is 16.4 Å². The molecule has 0 bridgehead atoms. The molecule has 0 radical (unpaired) electrons. The van der Waals surface area contributed by atoms with Crippen LogP contribution >= 0.6 is 0 Å². The first kappa shape index (κ1) is 14.9. The lowest BCUT2D eigenvalue weighted by molar-refractivity contribution is 0.128. The summed E-state index contributed by atoms with van der Waals surface area (Å²) in [7, 11) is 0. The van der Waals surface area contributed by atoms with Crippen LogP contribution in [0.5, 0.6) is 0 Å². The highest BCUT2D eigenvalue weighted by Gasteiger charge is 2.04. The standard InChI is InChI=1S/C10H19N7O2/c1-2-19-6-9-15-7(5-8(16-9)17-12)13-3-4-14-10(11)18/h5H,2-4,6,12H2,1H3,(H3,11,14,18)(H2,13,15,16,17). The first-order chi connectivity index (χ1) is 9.15. The molecule has 7 N–H and O–H groups in total. The third kappa shape index (κ3) is 5.84. The molecule has 1 rings (SSSR count). The van der Waals surface area contributed by atoms with Gasteiger partial charge >= 0.3 is 6.03 Å². The average Bonchev–Trinajstić information content (AvgIpc) is 2.41. The van der Waals surface area contributed by atoms with Gasteiger partial charge in [0.2, 0.25) is 0 Å². The Morgan fingerprint density at radius 1 is 1.37 bits per heavy atom. The fourth-order valence-corrected chi connectivity index (χ4v) is 1.30. The number of nitrogens with two attached hydrogens (primary N) is 2. The Bertz CT molecular complexity index is 413. The highest BCUT2D eigenvalue weighted by Crippen LogP contribution is 2.10. The molecular weight excluding hydrogens is 250 g/mol. The Labute approximate surface area is 111 Å². The molecule has 0 aliphatic carbocycles. The van der Waals surface area contributed by atoms with Crippen molar-refractivity contribution in [2.45, 2.75) is 13.5 Å². The molecule has 9 heteroatoms. The second kappa shape index (κ2) is 8.06. The number of hydrazine groups is 1. The molecule has 0 aliphatic rings. The molecule has 1 heterocycles. The van der Waals surface area contributed by atoms with Crippen molar-refractivity contribution in [2.24, 2.45) is 11.6 Å². The van der Waals surface area contributed by atoms with E-state index in [-0.39, 0.29) is 0 Å². The summed E-state index contributed by atoms with van der Waals surface area (Å²) in [5.74, 6) is 6.91. The first-order valence-corrected chi connectivity index (χ1v) is 5.85. The monoisotopic (exact) mass is 269 g/mol. The van der Waals surface area contributed by atoms with Crippen LogP contribution < -0.4 is 27.6 Å². The van der Waals surface area contributed by atoms with Crippen LogP contribution in [-0.4, -0.2) is 35.7 Å². The van der Waals surface area contributed by atoms with Crippen LogP contribution in [0.2, 0.25) is 0 Å². The van der Waals surface area contributed by atoms with Crippen molar-refractivity contribution < 1.29 is 9.53 Å². The van der Waals surface area contributed by atoms with Crippen LogP contribution in [-0.2, 0) is 11.3 Å². The van der Waals surface area contributed by atoms with Crippen molar-refractivity contribution in [1.82, 2.24) is 15.3 Å². The number of rotatable bonds is 8. The number of hydrogen-bond acceptors (Lipinski definition) is 7. The quantitative estimate of drug-likeness (QED) is 0.240. The summed E-state index contributed by atoms with van der Waals surface area (Å²) < 4.78 is 5.24. The largest absolute Gasteiger partial charge is 0.374 e. The molecule has 106 valence electrons. The van der Waals surface area contributed by atoms with E-state index in [1.54, 1.807) is 6.07 Å². The van der Waals surface area contributed by atoms with Crippen LogP contribution in [0.25, 0.3) is 0 Å². The number of carbonyl (C=O) groups excluding carboxylic acids is 1. The zero-order valence-electron chi connectivity index (χ0n) is 10.8. The van der Waals surface area contributed by atoms with E-state index in [9.17, 15) is 4.79 Å². The van der Waals surface area contributed by atoms with E-state index in [2.05, 4.69) is 26.0 Å². The van der Waals surface area contributed by atoms with Crippen molar-refractivity contribution in [3.63, 3.8) is 0 Å². The molecule has 0 unspecified atom stereocenters. The van der Waals surface area contributed by atoms with Crippen LogP contribution in [0.3, 0.4) is 0 Å². The number of anilines is 2. The third-order valence-electron chi connectivity index (χ3n) is 2.09. The summed E-state index contributed by atoms with van der Waals surface area (Å²) in [6.07, 6.45) is 0. The number of primary amides is 1. The van der Waals surface area contributed by atoms with E-state index in [0.717, 1.165) is 0 Å². The van der Waals surface area contributed by atoms with Crippen molar-refractivity contribution in [3.05, 3.63) is 11.9 Å². The molecule has 1 aromatic heterocycles. The maximum atomic E-state index is 10.5. The number of nitrogens with one attached hydrogen (secondary N) is 3. The van der Waals surface area contributed by atoms with E-state index < -0.39 is 6.03 Å². The molecule has 0 saturated carbocycles. The van der Waals surface area contributed by atoms with Crippen molar-refractivity contribution in [1.29, 1.82) is 0 Å². The fourth-order valence-electron chi connectivity index (χ4n) is 1.30. The number of urea groups is 1. The fraction of sp³-hybridized carbons (Fsp3) is 0.500. The minimum Gasteiger partial charge on any atom is -0.374 e. The van der Waals surface area contributed by atoms with Crippen LogP contribution in [0.1, 0.15) is 12.7 Å². The van der Waals surface area contributed by atoms with Gasteiger partial charge in [0.1, 0.15) is 18.2 Å². The zero-order chi connectivity index (χ0) is 14.1. The van der Waals surface area contributed by atoms with Crippen molar-refractivity contribution >= 4 is 17.7 Å². The average molecular weight is 269 g/mol. The molecule has 1 aromatic rings. The number of ether oxygens (including phenoxy) is 1. The Morgan fingerprint density at radius 2 is 2.11 bits per heavy atom. The van der Waals surface area contributed by atoms with E-state index >= 15 is 0 Å². The van der Waals surface area contributed by atoms with E-state index in [1.807, 2.05) is 6.92 Å². The van der Waals surface area contributed by atoms with Gasteiger partial charge in [-0.05, 0) is 6.92 Å². The van der Waals surface area contributed by atoms with Crippen molar-refractivity contribution in [2.75, 3.05) is 30.4 Å². The van der Waals surface area contributed by atoms with Gasteiger partial charge in [-0.25, -0.2) is 20.6 Å². The number of amides is 2. The van der Waals surface area contributed by atoms with Gasteiger partial charge in [-0.2, -0.15) is 0 Å². The predicted molar refractivity (Wildman–Crippen MR) is 71.2 cm³/mol. The lowest BCUT2D eigenvalue weighted by Gasteiger charge is -2.09. The molecule has 9 nitrogen and oxygen atoms in total. The van der Waals surface area contributed by atoms with E-state index in [1.165, 1.54) is 0 Å². The molecule has 19 heavy (non-hydrogen) atoms. The third-order valence-corrected chi connectivity index (χ3v) is 2.09. The van der Waals surface area contributed by atoms with Gasteiger partial charge in [0, 0.05) is 25.8 Å². The maximum absolute atomic E-state index is 10.5. The van der Waals surface area contributed by atoms with Crippen LogP contribution in [0.15, 0.2) is 6.07 Å². The first-order valence-electron chi connectivity index (χ1n) is 5.85. The molecule has 0 saturated heterocycles. The van der Waals surface area contributed by atoms with E-state index in [4.69, 9.17) is 16.3 Å². The Balaban J connectivity index is 2.57. The molecule has 0 fully saturated rings. The molecule has 0 aliphatic heterocycles. The van der Waals surface area contributed by atoms with Gasteiger partial charge in [-0.15, -0.1) is 0 Å². The smallest absolute Gasteiger partial charge is 0.312 e. The zero-order valence-corrected chi connectivity index (χ0v) is 10.8. The summed E-state index contributed by atoms with van der Waals surface area (Å²) in [5, 5.41) is 5.48. The topological polar surface area (TPSA) is 140 Å². The molecule has 0 spiro atoms. The Hall–Kier alpha value is -2.13. The van der Waals surface area contributed by atoms with Gasteiger partial charge in [0.05, 0.1) is 0 Å².